The Balaban J connectivity index is 2.01. The van der Waals surface area contributed by atoms with E-state index in [1.54, 1.807) is 36.4 Å². The van der Waals surface area contributed by atoms with E-state index in [4.69, 9.17) is 14.2 Å². The number of para-hydroxylation sites is 2. The summed E-state index contributed by atoms with van der Waals surface area (Å²) in [6.45, 7) is 1.22. The summed E-state index contributed by atoms with van der Waals surface area (Å²) >= 11 is 0. The van der Waals surface area contributed by atoms with E-state index in [1.807, 2.05) is 6.07 Å². The fourth-order valence-electron chi connectivity index (χ4n) is 2.15. The van der Waals surface area contributed by atoms with Crippen molar-refractivity contribution in [1.29, 1.82) is 0 Å². The maximum atomic E-state index is 12.1. The van der Waals surface area contributed by atoms with Crippen molar-refractivity contribution in [3.63, 3.8) is 0 Å². The number of ether oxygens (including phenoxy) is 3. The highest BCUT2D eigenvalue weighted by Crippen LogP contribution is 2.28. The zero-order valence-corrected chi connectivity index (χ0v) is 14.3. The van der Waals surface area contributed by atoms with Crippen LogP contribution in [0.3, 0.4) is 0 Å². The van der Waals surface area contributed by atoms with Crippen molar-refractivity contribution < 1.29 is 23.8 Å². The van der Waals surface area contributed by atoms with Crippen molar-refractivity contribution in [2.75, 3.05) is 31.5 Å². The summed E-state index contributed by atoms with van der Waals surface area (Å²) in [6.07, 6.45) is 0. The summed E-state index contributed by atoms with van der Waals surface area (Å²) in [5.74, 6) is 0.950. The molecule has 0 aromatic heterocycles. The van der Waals surface area contributed by atoms with Crippen LogP contribution in [0.4, 0.5) is 11.4 Å². The highest BCUT2D eigenvalue weighted by Gasteiger charge is 2.10. The molecule has 0 radical (unpaired) electrons. The molecule has 0 fully saturated rings. The Labute approximate surface area is 145 Å². The van der Waals surface area contributed by atoms with Crippen molar-refractivity contribution in [2.24, 2.45) is 0 Å². The molecule has 132 valence electrons. The molecule has 0 aliphatic rings. The van der Waals surface area contributed by atoms with Crippen molar-refractivity contribution in [2.45, 2.75) is 6.92 Å². The molecule has 2 N–H and O–H groups in total. The van der Waals surface area contributed by atoms with Gasteiger partial charge in [0.25, 0.3) is 5.91 Å². The van der Waals surface area contributed by atoms with E-state index in [-0.39, 0.29) is 18.4 Å². The topological polar surface area (TPSA) is 85.9 Å². The number of carbonyl (C=O) groups is 2. The first-order chi connectivity index (χ1) is 12.0. The van der Waals surface area contributed by atoms with E-state index in [0.29, 0.717) is 28.6 Å². The molecule has 0 saturated carbocycles. The maximum absolute atomic E-state index is 12.1. The standard InChI is InChI=1S/C18H20N2O5/c1-12(21)19-14-10-13(8-9-15(14)23-2)20-18(22)11-25-17-7-5-4-6-16(17)24-3/h4-10H,11H2,1-3H3,(H,19,21)(H,20,22). The summed E-state index contributed by atoms with van der Waals surface area (Å²) in [6, 6.07) is 12.0. The average molecular weight is 344 g/mol. The van der Waals surface area contributed by atoms with Crippen LogP contribution < -0.4 is 24.8 Å². The van der Waals surface area contributed by atoms with Gasteiger partial charge in [-0.25, -0.2) is 0 Å². The van der Waals surface area contributed by atoms with Gasteiger partial charge in [0.1, 0.15) is 5.75 Å². The van der Waals surface area contributed by atoms with Gasteiger partial charge < -0.3 is 24.8 Å². The van der Waals surface area contributed by atoms with E-state index in [2.05, 4.69) is 10.6 Å². The van der Waals surface area contributed by atoms with Crippen LogP contribution in [0.1, 0.15) is 6.92 Å². The molecule has 0 atom stereocenters. The van der Waals surface area contributed by atoms with Gasteiger partial charge in [0, 0.05) is 12.6 Å². The summed E-state index contributed by atoms with van der Waals surface area (Å²) in [5, 5.41) is 5.35. The Morgan fingerprint density at radius 1 is 0.920 bits per heavy atom. The first-order valence-electron chi connectivity index (χ1n) is 7.54. The second-order valence-corrected chi connectivity index (χ2v) is 5.08. The molecule has 0 bridgehead atoms. The SMILES string of the molecule is COc1ccc(NC(=O)COc2ccccc2OC)cc1NC(C)=O. The van der Waals surface area contributed by atoms with E-state index in [1.165, 1.54) is 21.1 Å². The van der Waals surface area contributed by atoms with Crippen molar-refractivity contribution in [3.05, 3.63) is 42.5 Å². The molecule has 0 aliphatic heterocycles. The van der Waals surface area contributed by atoms with Crippen LogP contribution in [0.25, 0.3) is 0 Å². The number of methoxy groups -OCH3 is 2. The molecular formula is C18H20N2O5. The minimum atomic E-state index is -0.343. The van der Waals surface area contributed by atoms with Crippen LogP contribution in [0.15, 0.2) is 42.5 Å². The van der Waals surface area contributed by atoms with Gasteiger partial charge >= 0.3 is 0 Å². The molecule has 0 unspecified atom stereocenters. The monoisotopic (exact) mass is 344 g/mol. The summed E-state index contributed by atoms with van der Waals surface area (Å²) < 4.78 is 15.8. The fourth-order valence-corrected chi connectivity index (χ4v) is 2.15. The van der Waals surface area contributed by atoms with Gasteiger partial charge in [-0.1, -0.05) is 12.1 Å². The summed E-state index contributed by atoms with van der Waals surface area (Å²) in [5.41, 5.74) is 0.983. The Hall–Kier alpha value is -3.22. The number of amides is 2. The van der Waals surface area contributed by atoms with Gasteiger partial charge in [-0.05, 0) is 30.3 Å². The second-order valence-electron chi connectivity index (χ2n) is 5.08. The lowest BCUT2D eigenvalue weighted by atomic mass is 10.2. The van der Waals surface area contributed by atoms with Crippen LogP contribution in [0.5, 0.6) is 17.2 Å². The zero-order valence-electron chi connectivity index (χ0n) is 14.3. The van der Waals surface area contributed by atoms with E-state index in [9.17, 15) is 9.59 Å². The summed E-state index contributed by atoms with van der Waals surface area (Å²) in [4.78, 5) is 23.3. The number of rotatable bonds is 7. The molecule has 0 saturated heterocycles. The quantitative estimate of drug-likeness (QED) is 0.806. The third-order valence-electron chi connectivity index (χ3n) is 3.22. The van der Waals surface area contributed by atoms with Crippen LogP contribution in [0.2, 0.25) is 0 Å². The lowest BCUT2D eigenvalue weighted by Crippen LogP contribution is -2.20. The van der Waals surface area contributed by atoms with E-state index >= 15 is 0 Å². The molecule has 2 aromatic rings. The largest absolute Gasteiger partial charge is 0.495 e. The molecule has 7 nitrogen and oxygen atoms in total. The van der Waals surface area contributed by atoms with Crippen LogP contribution in [-0.2, 0) is 9.59 Å². The van der Waals surface area contributed by atoms with Crippen LogP contribution >= 0.6 is 0 Å². The van der Waals surface area contributed by atoms with Crippen LogP contribution in [0, 0.1) is 0 Å². The molecule has 0 aliphatic carbocycles. The van der Waals surface area contributed by atoms with Crippen LogP contribution in [-0.4, -0.2) is 32.6 Å². The van der Waals surface area contributed by atoms with Gasteiger partial charge in [-0.15, -0.1) is 0 Å². The highest BCUT2D eigenvalue weighted by atomic mass is 16.5. The average Bonchev–Trinajstić information content (AvgIpc) is 2.60. The highest BCUT2D eigenvalue weighted by molar-refractivity contribution is 5.95. The third kappa shape index (κ3) is 5.13. The predicted molar refractivity (Wildman–Crippen MR) is 94.4 cm³/mol. The molecule has 0 spiro atoms. The van der Waals surface area contributed by atoms with Crippen molar-refractivity contribution in [1.82, 2.24) is 0 Å². The van der Waals surface area contributed by atoms with Gasteiger partial charge in [0.05, 0.1) is 19.9 Å². The number of hydrogen-bond acceptors (Lipinski definition) is 5. The van der Waals surface area contributed by atoms with E-state index < -0.39 is 0 Å². The number of benzene rings is 2. The predicted octanol–water partition coefficient (Wildman–Crippen LogP) is 2.68. The van der Waals surface area contributed by atoms with Gasteiger partial charge in [-0.3, -0.25) is 9.59 Å². The zero-order chi connectivity index (χ0) is 18.2. The van der Waals surface area contributed by atoms with E-state index in [0.717, 1.165) is 0 Å². The first-order valence-corrected chi connectivity index (χ1v) is 7.54. The van der Waals surface area contributed by atoms with Crippen molar-refractivity contribution in [3.8, 4) is 17.2 Å². The fraction of sp³-hybridized carbons (Fsp3) is 0.222. The van der Waals surface area contributed by atoms with Crippen molar-refractivity contribution >= 4 is 23.2 Å². The Morgan fingerprint density at radius 3 is 2.24 bits per heavy atom. The summed E-state index contributed by atoms with van der Waals surface area (Å²) in [7, 11) is 3.03. The smallest absolute Gasteiger partial charge is 0.262 e. The molecule has 2 amide bonds. The number of nitrogens with one attached hydrogen (secondary N) is 2. The van der Waals surface area contributed by atoms with Gasteiger partial charge in [0.15, 0.2) is 18.1 Å². The minimum Gasteiger partial charge on any atom is -0.495 e. The molecule has 2 aromatic carbocycles. The lowest BCUT2D eigenvalue weighted by Gasteiger charge is -2.13. The lowest BCUT2D eigenvalue weighted by molar-refractivity contribution is -0.118. The molecule has 7 heteroatoms. The third-order valence-corrected chi connectivity index (χ3v) is 3.22. The van der Waals surface area contributed by atoms with Gasteiger partial charge in [-0.2, -0.15) is 0 Å². The first kappa shape index (κ1) is 18.1. The number of carbonyl (C=O) groups excluding carboxylic acids is 2. The Bertz CT molecular complexity index is 761. The molecule has 2 rings (SSSR count). The maximum Gasteiger partial charge on any atom is 0.262 e. The number of hydrogen-bond donors (Lipinski definition) is 2. The second kappa shape index (κ2) is 8.58. The number of anilines is 2. The molecule has 25 heavy (non-hydrogen) atoms. The normalized spacial score (nSPS) is 9.88. The minimum absolute atomic E-state index is 0.179. The molecule has 0 heterocycles. The van der Waals surface area contributed by atoms with Gasteiger partial charge in [0.2, 0.25) is 5.91 Å². The Kier molecular flexibility index (Phi) is 6.22. The molecular weight excluding hydrogens is 324 g/mol. The Morgan fingerprint density at radius 2 is 1.60 bits per heavy atom.